The summed E-state index contributed by atoms with van der Waals surface area (Å²) in [5.41, 5.74) is 9.35. The lowest BCUT2D eigenvalue weighted by Crippen LogP contribution is -1.97. The van der Waals surface area contributed by atoms with Crippen molar-refractivity contribution in [1.82, 2.24) is 0 Å². The lowest BCUT2D eigenvalue weighted by atomic mass is 9.93. The van der Waals surface area contributed by atoms with Crippen LogP contribution < -0.4 is 0 Å². The summed E-state index contributed by atoms with van der Waals surface area (Å²) in [6, 6.07) is 16.8. The average molecular weight is 483 g/mol. The first-order valence-electron chi connectivity index (χ1n) is 13.2. The fraction of sp³-hybridized carbons (Fsp3) is 0.394. The molecule has 0 aliphatic rings. The van der Waals surface area contributed by atoms with Crippen molar-refractivity contribution in [2.45, 2.75) is 86.0 Å². The number of nitrogens with zero attached hydrogens (tertiary/aromatic N) is 2. The van der Waals surface area contributed by atoms with Crippen LogP contribution in [0.2, 0.25) is 0 Å². The quantitative estimate of drug-likeness (QED) is 0.319. The van der Waals surface area contributed by atoms with E-state index in [9.17, 15) is 5.11 Å². The topological polar surface area (TPSA) is 45.0 Å². The summed E-state index contributed by atoms with van der Waals surface area (Å²) in [5.74, 6) is 1.65. The summed E-state index contributed by atoms with van der Waals surface area (Å²) >= 11 is 0. The van der Waals surface area contributed by atoms with E-state index < -0.39 is 0 Å². The number of benzene rings is 3. The molecule has 0 aliphatic carbocycles. The van der Waals surface area contributed by atoms with Crippen LogP contribution in [0.15, 0.2) is 58.5 Å². The Hall–Kier alpha value is -3.20. The molecule has 0 saturated heterocycles. The smallest absolute Gasteiger partial charge is 0.133 e. The van der Waals surface area contributed by atoms with Crippen LogP contribution in [0.5, 0.6) is 5.75 Å². The molecule has 0 heterocycles. The molecule has 0 aromatic heterocycles. The number of hydrogen-bond donors (Lipinski definition) is 1. The van der Waals surface area contributed by atoms with E-state index in [2.05, 4.69) is 91.8 Å². The van der Waals surface area contributed by atoms with Gasteiger partial charge in [-0.1, -0.05) is 91.8 Å². The molecule has 0 amide bonds. The number of aromatic hydroxyl groups is 1. The summed E-state index contributed by atoms with van der Waals surface area (Å²) in [7, 11) is 0. The zero-order chi connectivity index (χ0) is 26.6. The van der Waals surface area contributed by atoms with Gasteiger partial charge in [0.2, 0.25) is 0 Å². The van der Waals surface area contributed by atoms with Crippen molar-refractivity contribution < 1.29 is 5.11 Å². The Balaban J connectivity index is 2.08. The Kier molecular flexibility index (Phi) is 8.89. The summed E-state index contributed by atoms with van der Waals surface area (Å²) in [4.78, 5) is 9.85. The van der Waals surface area contributed by atoms with Crippen LogP contribution in [0.4, 0.5) is 11.4 Å². The first-order chi connectivity index (χ1) is 17.0. The Bertz CT molecular complexity index is 1120. The van der Waals surface area contributed by atoms with Crippen LogP contribution in [0.3, 0.4) is 0 Å². The molecular formula is C33H42N2O. The van der Waals surface area contributed by atoms with Crippen molar-refractivity contribution in [2.24, 2.45) is 9.98 Å². The van der Waals surface area contributed by atoms with Gasteiger partial charge in [-0.3, -0.25) is 9.98 Å². The summed E-state index contributed by atoms with van der Waals surface area (Å²) < 4.78 is 0. The van der Waals surface area contributed by atoms with Gasteiger partial charge in [0.25, 0.3) is 0 Å². The highest BCUT2D eigenvalue weighted by Gasteiger charge is 2.15. The van der Waals surface area contributed by atoms with E-state index in [4.69, 9.17) is 9.98 Å². The standard InChI is InChI=1S/C33H42N2O/c1-20(2)27-12-10-13-28(21(3)4)31(27)34-18-25-16-24(9)17-26(33(25)36)19-35-32-29(22(5)6)14-11-15-30(32)23(7)8/h10-23,36H,1-9H3. The predicted octanol–water partition coefficient (Wildman–Crippen LogP) is 9.70. The predicted molar refractivity (Wildman–Crippen MR) is 157 cm³/mol. The fourth-order valence-electron chi connectivity index (χ4n) is 4.62. The molecule has 0 aliphatic heterocycles. The first-order valence-corrected chi connectivity index (χ1v) is 13.2. The van der Waals surface area contributed by atoms with Crippen LogP contribution in [-0.2, 0) is 0 Å². The zero-order valence-electron chi connectivity index (χ0n) is 23.4. The molecule has 3 heteroatoms. The third-order valence-electron chi connectivity index (χ3n) is 6.66. The second kappa shape index (κ2) is 11.7. The molecule has 0 saturated carbocycles. The van der Waals surface area contributed by atoms with Crippen molar-refractivity contribution in [1.29, 1.82) is 0 Å². The molecule has 0 fully saturated rings. The van der Waals surface area contributed by atoms with E-state index in [0.717, 1.165) is 16.9 Å². The molecule has 0 spiro atoms. The highest BCUT2D eigenvalue weighted by atomic mass is 16.3. The normalized spacial score (nSPS) is 12.4. The number of rotatable bonds is 8. The Morgan fingerprint density at radius 2 is 0.889 bits per heavy atom. The minimum atomic E-state index is 0.203. The second-order valence-electron chi connectivity index (χ2n) is 11.0. The lowest BCUT2D eigenvalue weighted by molar-refractivity contribution is 0.473. The molecule has 0 radical (unpaired) electrons. The Morgan fingerprint density at radius 3 is 1.17 bits per heavy atom. The molecule has 3 nitrogen and oxygen atoms in total. The third kappa shape index (κ3) is 6.13. The molecular weight excluding hydrogens is 440 g/mol. The maximum atomic E-state index is 11.2. The van der Waals surface area contributed by atoms with E-state index in [1.54, 1.807) is 12.4 Å². The van der Waals surface area contributed by atoms with Crippen molar-refractivity contribution in [3.8, 4) is 5.75 Å². The Morgan fingerprint density at radius 1 is 0.583 bits per heavy atom. The first kappa shape index (κ1) is 27.4. The number of aliphatic imine (C=N–C) groups is 2. The average Bonchev–Trinajstić information content (AvgIpc) is 2.82. The van der Waals surface area contributed by atoms with Crippen LogP contribution >= 0.6 is 0 Å². The number of para-hydroxylation sites is 2. The van der Waals surface area contributed by atoms with E-state index in [-0.39, 0.29) is 5.75 Å². The van der Waals surface area contributed by atoms with E-state index >= 15 is 0 Å². The van der Waals surface area contributed by atoms with Gasteiger partial charge >= 0.3 is 0 Å². The van der Waals surface area contributed by atoms with Crippen molar-refractivity contribution in [3.63, 3.8) is 0 Å². The molecule has 0 bridgehead atoms. The van der Waals surface area contributed by atoms with Crippen LogP contribution in [0.25, 0.3) is 0 Å². The third-order valence-corrected chi connectivity index (χ3v) is 6.66. The molecule has 1 N–H and O–H groups in total. The molecule has 3 aromatic carbocycles. The minimum absolute atomic E-state index is 0.203. The summed E-state index contributed by atoms with van der Waals surface area (Å²) in [6.45, 7) is 19.6. The molecule has 0 atom stereocenters. The molecule has 0 unspecified atom stereocenters. The molecule has 36 heavy (non-hydrogen) atoms. The maximum absolute atomic E-state index is 11.2. The molecule has 3 aromatic rings. The van der Waals surface area contributed by atoms with Gasteiger partial charge in [0.1, 0.15) is 5.75 Å². The van der Waals surface area contributed by atoms with Crippen LogP contribution in [0, 0.1) is 6.92 Å². The van der Waals surface area contributed by atoms with Gasteiger partial charge in [0.15, 0.2) is 0 Å². The van der Waals surface area contributed by atoms with Crippen molar-refractivity contribution >= 4 is 23.8 Å². The largest absolute Gasteiger partial charge is 0.507 e. The van der Waals surface area contributed by atoms with Gasteiger partial charge in [0, 0.05) is 23.6 Å². The molecule has 3 rings (SSSR count). The van der Waals surface area contributed by atoms with Gasteiger partial charge in [-0.15, -0.1) is 0 Å². The number of phenols is 1. The number of aryl methyl sites for hydroxylation is 1. The number of phenolic OH excluding ortho intramolecular Hbond substituents is 1. The van der Waals surface area contributed by atoms with Gasteiger partial charge in [-0.2, -0.15) is 0 Å². The SMILES string of the molecule is Cc1cc(C=Nc2c(C(C)C)cccc2C(C)C)c(O)c(C=Nc2c(C(C)C)cccc2C(C)C)c1. The van der Waals surface area contributed by atoms with E-state index in [0.29, 0.717) is 34.8 Å². The van der Waals surface area contributed by atoms with Crippen molar-refractivity contribution in [3.05, 3.63) is 87.5 Å². The summed E-state index contributed by atoms with van der Waals surface area (Å²) in [5, 5.41) is 11.2. The fourth-order valence-corrected chi connectivity index (χ4v) is 4.62. The van der Waals surface area contributed by atoms with E-state index in [1.807, 2.05) is 19.1 Å². The maximum Gasteiger partial charge on any atom is 0.133 e. The van der Waals surface area contributed by atoms with Crippen LogP contribution in [0.1, 0.15) is 118 Å². The van der Waals surface area contributed by atoms with Gasteiger partial charge < -0.3 is 5.11 Å². The van der Waals surface area contributed by atoms with Gasteiger partial charge in [-0.25, -0.2) is 0 Å². The van der Waals surface area contributed by atoms with Gasteiger partial charge in [0.05, 0.1) is 11.4 Å². The monoisotopic (exact) mass is 482 g/mol. The van der Waals surface area contributed by atoms with Crippen LogP contribution in [-0.4, -0.2) is 17.5 Å². The van der Waals surface area contributed by atoms with Crippen molar-refractivity contribution in [2.75, 3.05) is 0 Å². The number of hydrogen-bond acceptors (Lipinski definition) is 3. The highest BCUT2D eigenvalue weighted by molar-refractivity contribution is 5.94. The van der Waals surface area contributed by atoms with E-state index in [1.165, 1.54) is 22.3 Å². The molecule has 190 valence electrons. The second-order valence-corrected chi connectivity index (χ2v) is 11.0. The summed E-state index contributed by atoms with van der Waals surface area (Å²) in [6.07, 6.45) is 3.60. The Labute approximate surface area is 218 Å². The highest BCUT2D eigenvalue weighted by Crippen LogP contribution is 2.36. The lowest BCUT2D eigenvalue weighted by Gasteiger charge is -2.16. The van der Waals surface area contributed by atoms with Gasteiger partial charge in [-0.05, 0) is 70.5 Å². The minimum Gasteiger partial charge on any atom is -0.507 e. The zero-order valence-corrected chi connectivity index (χ0v) is 23.4.